The topological polar surface area (TPSA) is 70.3 Å². The minimum Gasteiger partial charge on any atom is -0.295 e. The van der Waals surface area contributed by atoms with Crippen LogP contribution in [0.4, 0.5) is 0 Å². The van der Waals surface area contributed by atoms with Gasteiger partial charge >= 0.3 is 0 Å². The third kappa shape index (κ3) is 5.10. The maximum Gasteiger partial charge on any atom is 0.174 e. The third-order valence-corrected chi connectivity index (χ3v) is 6.69. The van der Waals surface area contributed by atoms with Gasteiger partial charge in [0.15, 0.2) is 11.6 Å². The number of nitriles is 1. The summed E-state index contributed by atoms with van der Waals surface area (Å²) >= 11 is 13.3. The molecule has 7 heteroatoms. The van der Waals surface area contributed by atoms with Crippen LogP contribution < -0.4 is 0 Å². The van der Waals surface area contributed by atoms with E-state index in [4.69, 9.17) is 23.2 Å². The maximum absolute atomic E-state index is 12.7. The van der Waals surface area contributed by atoms with Crippen LogP contribution in [0, 0.1) is 24.2 Å². The summed E-state index contributed by atoms with van der Waals surface area (Å²) in [7, 11) is 0. The molecule has 0 bridgehead atoms. The van der Waals surface area contributed by atoms with Crippen LogP contribution >= 0.6 is 35.0 Å². The van der Waals surface area contributed by atoms with Crippen LogP contribution in [0.5, 0.6) is 0 Å². The van der Waals surface area contributed by atoms with Gasteiger partial charge in [-0.2, -0.15) is 5.26 Å². The van der Waals surface area contributed by atoms with E-state index in [-0.39, 0.29) is 17.3 Å². The van der Waals surface area contributed by atoms with E-state index in [2.05, 4.69) is 11.1 Å². The Labute approximate surface area is 196 Å². The van der Waals surface area contributed by atoms with E-state index in [9.17, 15) is 14.9 Å². The molecule has 0 fully saturated rings. The van der Waals surface area contributed by atoms with E-state index in [0.717, 1.165) is 11.1 Å². The molecule has 0 N–H and O–H groups in total. The van der Waals surface area contributed by atoms with Gasteiger partial charge in [-0.05, 0) is 44.5 Å². The summed E-state index contributed by atoms with van der Waals surface area (Å²) in [6, 6.07) is 14.8. The normalized spacial score (nSPS) is 18.4. The van der Waals surface area contributed by atoms with Crippen molar-refractivity contribution in [1.82, 2.24) is 0 Å². The molecule has 31 heavy (non-hydrogen) atoms. The van der Waals surface area contributed by atoms with Crippen molar-refractivity contribution in [2.75, 3.05) is 5.75 Å². The number of aliphatic imine (C=N–C) groups is 1. The molecular formula is C24H20Cl2N2O2S. The van der Waals surface area contributed by atoms with Gasteiger partial charge in [-0.25, -0.2) is 4.99 Å². The lowest BCUT2D eigenvalue weighted by molar-refractivity contribution is -0.114. The van der Waals surface area contributed by atoms with Crippen LogP contribution in [0.3, 0.4) is 0 Å². The van der Waals surface area contributed by atoms with Crippen molar-refractivity contribution in [3.8, 4) is 6.07 Å². The monoisotopic (exact) mass is 470 g/mol. The Balaban J connectivity index is 1.95. The van der Waals surface area contributed by atoms with Crippen LogP contribution in [0.25, 0.3) is 0 Å². The van der Waals surface area contributed by atoms with Crippen LogP contribution in [0.2, 0.25) is 10.0 Å². The number of halogens is 2. The standard InChI is InChI=1S/C24H20Cl2N2O2S/c1-13-5-4-6-16(9-13)23-19(11-27)24(28-14(2)22(23)15(3)29)31-12-21(30)18-10-17(25)7-8-20(18)26/h4-10,19,23H,12H2,1-3H3. The lowest BCUT2D eigenvalue weighted by atomic mass is 9.77. The summed E-state index contributed by atoms with van der Waals surface area (Å²) in [6.07, 6.45) is 0. The number of benzene rings is 2. The van der Waals surface area contributed by atoms with Gasteiger partial charge in [0.1, 0.15) is 5.92 Å². The largest absolute Gasteiger partial charge is 0.295 e. The van der Waals surface area contributed by atoms with Gasteiger partial charge in [-0.1, -0.05) is 53.0 Å². The zero-order valence-electron chi connectivity index (χ0n) is 17.3. The lowest BCUT2D eigenvalue weighted by Gasteiger charge is -2.30. The predicted octanol–water partition coefficient (Wildman–Crippen LogP) is 6.42. The predicted molar refractivity (Wildman–Crippen MR) is 127 cm³/mol. The Morgan fingerprint density at radius 1 is 1.16 bits per heavy atom. The van der Waals surface area contributed by atoms with Gasteiger partial charge in [-0.15, -0.1) is 11.8 Å². The van der Waals surface area contributed by atoms with Crippen molar-refractivity contribution in [2.24, 2.45) is 10.9 Å². The molecule has 1 aliphatic rings. The van der Waals surface area contributed by atoms with Crippen LogP contribution in [0.15, 0.2) is 58.7 Å². The molecule has 2 atom stereocenters. The Hall–Kier alpha value is -2.39. The number of nitrogens with zero attached hydrogens (tertiary/aromatic N) is 2. The average Bonchev–Trinajstić information content (AvgIpc) is 2.72. The molecule has 2 unspecified atom stereocenters. The van der Waals surface area contributed by atoms with Crippen LogP contribution in [-0.4, -0.2) is 22.4 Å². The van der Waals surface area contributed by atoms with E-state index < -0.39 is 11.8 Å². The first kappa shape index (κ1) is 23.3. The molecule has 0 saturated carbocycles. The number of carbonyl (C=O) groups is 2. The third-order valence-electron chi connectivity index (χ3n) is 5.08. The fraction of sp³-hybridized carbons (Fsp3) is 0.250. The van der Waals surface area contributed by atoms with Crippen molar-refractivity contribution >= 4 is 51.6 Å². The van der Waals surface area contributed by atoms with E-state index in [0.29, 0.717) is 31.9 Å². The Bertz CT molecular complexity index is 1160. The molecular weight excluding hydrogens is 451 g/mol. The maximum atomic E-state index is 12.7. The summed E-state index contributed by atoms with van der Waals surface area (Å²) in [6.45, 7) is 5.23. The summed E-state index contributed by atoms with van der Waals surface area (Å²) in [5, 5.41) is 11.3. The number of allylic oxidation sites excluding steroid dienone is 2. The molecule has 0 aliphatic carbocycles. The minimum atomic E-state index is -0.669. The van der Waals surface area contributed by atoms with Crippen molar-refractivity contribution in [1.29, 1.82) is 5.26 Å². The second-order valence-electron chi connectivity index (χ2n) is 7.34. The van der Waals surface area contributed by atoms with E-state index in [1.54, 1.807) is 19.1 Å². The first-order valence-electron chi connectivity index (χ1n) is 9.60. The SMILES string of the molecule is CC(=O)C1=C(C)N=C(SCC(=O)c2cc(Cl)ccc2Cl)C(C#N)C1c1cccc(C)c1. The van der Waals surface area contributed by atoms with Gasteiger partial charge in [0.05, 0.1) is 21.9 Å². The number of carbonyl (C=O) groups excluding carboxylic acids is 2. The summed E-state index contributed by atoms with van der Waals surface area (Å²) in [4.78, 5) is 29.7. The van der Waals surface area contributed by atoms with Gasteiger partial charge in [0.2, 0.25) is 0 Å². The first-order chi connectivity index (χ1) is 14.7. The van der Waals surface area contributed by atoms with Crippen molar-refractivity contribution in [3.63, 3.8) is 0 Å². The number of ketones is 2. The molecule has 1 aliphatic heterocycles. The van der Waals surface area contributed by atoms with Crippen molar-refractivity contribution in [2.45, 2.75) is 26.7 Å². The highest BCUT2D eigenvalue weighted by Crippen LogP contribution is 2.41. The molecule has 3 rings (SSSR count). The second-order valence-corrected chi connectivity index (χ2v) is 9.18. The fourth-order valence-corrected chi connectivity index (χ4v) is 5.11. The Morgan fingerprint density at radius 2 is 1.90 bits per heavy atom. The number of hydrogen-bond acceptors (Lipinski definition) is 5. The minimum absolute atomic E-state index is 0.0559. The highest BCUT2D eigenvalue weighted by Gasteiger charge is 2.37. The lowest BCUT2D eigenvalue weighted by Crippen LogP contribution is -2.28. The number of thioether (sulfide) groups is 1. The summed E-state index contributed by atoms with van der Waals surface area (Å²) < 4.78 is 0. The molecule has 2 aromatic carbocycles. The Kier molecular flexibility index (Phi) is 7.38. The molecule has 0 radical (unpaired) electrons. The van der Waals surface area contributed by atoms with E-state index in [1.807, 2.05) is 31.2 Å². The molecule has 0 spiro atoms. The smallest absolute Gasteiger partial charge is 0.174 e. The summed E-state index contributed by atoms with van der Waals surface area (Å²) in [5.41, 5.74) is 3.36. The zero-order chi connectivity index (χ0) is 22.7. The molecule has 4 nitrogen and oxygen atoms in total. The molecule has 0 amide bonds. The number of hydrogen-bond donors (Lipinski definition) is 0. The van der Waals surface area contributed by atoms with Crippen molar-refractivity contribution < 1.29 is 9.59 Å². The molecule has 2 aromatic rings. The number of rotatable bonds is 5. The van der Waals surface area contributed by atoms with Gasteiger partial charge in [-0.3, -0.25) is 9.59 Å². The molecule has 158 valence electrons. The summed E-state index contributed by atoms with van der Waals surface area (Å²) in [5.74, 6) is -1.37. The van der Waals surface area contributed by atoms with Gasteiger partial charge < -0.3 is 0 Å². The van der Waals surface area contributed by atoms with E-state index >= 15 is 0 Å². The number of aryl methyl sites for hydroxylation is 1. The van der Waals surface area contributed by atoms with Gasteiger partial charge in [0, 0.05) is 27.8 Å². The van der Waals surface area contributed by atoms with Gasteiger partial charge in [0.25, 0.3) is 0 Å². The Morgan fingerprint density at radius 3 is 2.55 bits per heavy atom. The first-order valence-corrected chi connectivity index (χ1v) is 11.3. The zero-order valence-corrected chi connectivity index (χ0v) is 19.6. The highest BCUT2D eigenvalue weighted by atomic mass is 35.5. The quantitative estimate of drug-likeness (QED) is 0.472. The molecule has 0 saturated heterocycles. The molecule has 0 aromatic heterocycles. The average molecular weight is 471 g/mol. The van der Waals surface area contributed by atoms with Crippen LogP contribution in [0.1, 0.15) is 41.3 Å². The second kappa shape index (κ2) is 9.82. The number of Topliss-reactive ketones (excluding diaryl/α,β-unsaturated/α-hetero) is 2. The fourth-order valence-electron chi connectivity index (χ4n) is 3.71. The van der Waals surface area contributed by atoms with Crippen LogP contribution in [-0.2, 0) is 4.79 Å². The van der Waals surface area contributed by atoms with E-state index in [1.165, 1.54) is 24.8 Å². The highest BCUT2D eigenvalue weighted by molar-refractivity contribution is 8.14. The molecule has 1 heterocycles. The van der Waals surface area contributed by atoms with Crippen molar-refractivity contribution in [3.05, 3.63) is 80.5 Å².